The molecule has 1 aliphatic carbocycles. The normalized spacial score (nSPS) is 27.3. The summed E-state index contributed by atoms with van der Waals surface area (Å²) in [5, 5.41) is 3.49. The van der Waals surface area contributed by atoms with E-state index in [4.69, 9.17) is 4.74 Å². The molecule has 1 saturated heterocycles. The van der Waals surface area contributed by atoms with Crippen LogP contribution in [-0.4, -0.2) is 25.2 Å². The molecule has 96 valence electrons. The molecule has 0 saturated carbocycles. The first-order valence-corrected chi connectivity index (χ1v) is 6.77. The maximum atomic E-state index is 5.25. The molecule has 0 amide bonds. The highest BCUT2D eigenvalue weighted by Gasteiger charge is 2.27. The second-order valence-electron chi connectivity index (χ2n) is 5.26. The smallest absolute Gasteiger partial charge is 0.137 e. The fourth-order valence-corrected chi connectivity index (χ4v) is 3.12. The van der Waals surface area contributed by atoms with Gasteiger partial charge in [0.1, 0.15) is 5.75 Å². The van der Waals surface area contributed by atoms with E-state index >= 15 is 0 Å². The van der Waals surface area contributed by atoms with Gasteiger partial charge in [-0.25, -0.2) is 0 Å². The fourth-order valence-electron chi connectivity index (χ4n) is 3.12. The predicted molar refractivity (Wildman–Crippen MR) is 72.5 cm³/mol. The summed E-state index contributed by atoms with van der Waals surface area (Å²) in [4.78, 5) is 4.25. The minimum Gasteiger partial charge on any atom is -0.495 e. The molecular weight excluding hydrogens is 224 g/mol. The summed E-state index contributed by atoms with van der Waals surface area (Å²) in [6, 6.07) is 2.09. The van der Waals surface area contributed by atoms with E-state index in [2.05, 4.69) is 22.4 Å². The molecule has 2 heterocycles. The first kappa shape index (κ1) is 11.7. The molecule has 1 aromatic heterocycles. The van der Waals surface area contributed by atoms with Crippen LogP contribution < -0.4 is 10.1 Å². The zero-order chi connectivity index (χ0) is 12.4. The first-order chi connectivity index (χ1) is 8.86. The number of rotatable bonds is 2. The molecule has 18 heavy (non-hydrogen) atoms. The van der Waals surface area contributed by atoms with Crippen LogP contribution in [0.1, 0.15) is 24.8 Å². The molecule has 3 nitrogen and oxygen atoms in total. The number of allylic oxidation sites excluding steroid dienone is 1. The van der Waals surface area contributed by atoms with Crippen molar-refractivity contribution in [2.45, 2.75) is 19.3 Å². The van der Waals surface area contributed by atoms with Crippen molar-refractivity contribution in [2.24, 2.45) is 11.8 Å². The number of hydrogen-bond donors (Lipinski definition) is 1. The zero-order valence-corrected chi connectivity index (χ0v) is 10.9. The average molecular weight is 244 g/mol. The Balaban J connectivity index is 1.85. The van der Waals surface area contributed by atoms with Crippen LogP contribution in [0, 0.1) is 11.8 Å². The van der Waals surface area contributed by atoms with Crippen molar-refractivity contribution in [3.05, 3.63) is 30.1 Å². The van der Waals surface area contributed by atoms with Gasteiger partial charge in [0.15, 0.2) is 0 Å². The number of pyridine rings is 1. The Hall–Kier alpha value is -1.35. The average Bonchev–Trinajstić information content (AvgIpc) is 2.47. The SMILES string of the molecule is COc1cncc(C2=C[C@H]3CNCC[C@H]3CC2)c1. The second kappa shape index (κ2) is 5.11. The summed E-state index contributed by atoms with van der Waals surface area (Å²) in [5.74, 6) is 2.43. The van der Waals surface area contributed by atoms with Gasteiger partial charge >= 0.3 is 0 Å². The van der Waals surface area contributed by atoms with Gasteiger partial charge in [0, 0.05) is 12.7 Å². The predicted octanol–water partition coefficient (Wildman–Crippen LogP) is 2.49. The van der Waals surface area contributed by atoms with Crippen LogP contribution in [-0.2, 0) is 0 Å². The number of piperidine rings is 1. The molecule has 0 bridgehead atoms. The summed E-state index contributed by atoms with van der Waals surface area (Å²) in [6.45, 7) is 2.32. The topological polar surface area (TPSA) is 34.1 Å². The third-order valence-corrected chi connectivity index (χ3v) is 4.20. The number of hydrogen-bond acceptors (Lipinski definition) is 3. The second-order valence-corrected chi connectivity index (χ2v) is 5.26. The molecule has 0 unspecified atom stereocenters. The minimum absolute atomic E-state index is 0.703. The van der Waals surface area contributed by atoms with E-state index in [0.717, 1.165) is 18.2 Å². The van der Waals surface area contributed by atoms with Gasteiger partial charge in [0.25, 0.3) is 0 Å². The van der Waals surface area contributed by atoms with E-state index in [0.29, 0.717) is 5.92 Å². The highest BCUT2D eigenvalue weighted by atomic mass is 16.5. The Morgan fingerprint density at radius 1 is 1.33 bits per heavy atom. The van der Waals surface area contributed by atoms with E-state index in [9.17, 15) is 0 Å². The van der Waals surface area contributed by atoms with Crippen LogP contribution in [0.3, 0.4) is 0 Å². The van der Waals surface area contributed by atoms with Crippen LogP contribution in [0.4, 0.5) is 0 Å². The summed E-state index contributed by atoms with van der Waals surface area (Å²) in [7, 11) is 1.69. The van der Waals surface area contributed by atoms with Crippen LogP contribution >= 0.6 is 0 Å². The van der Waals surface area contributed by atoms with Gasteiger partial charge in [0.2, 0.25) is 0 Å². The van der Waals surface area contributed by atoms with Gasteiger partial charge in [-0.05, 0) is 54.8 Å². The zero-order valence-electron chi connectivity index (χ0n) is 10.9. The summed E-state index contributed by atoms with van der Waals surface area (Å²) in [6.07, 6.45) is 9.98. The van der Waals surface area contributed by atoms with Gasteiger partial charge in [0.05, 0.1) is 13.3 Å². The maximum absolute atomic E-state index is 5.25. The number of nitrogens with zero attached hydrogens (tertiary/aromatic N) is 1. The Morgan fingerprint density at radius 2 is 2.28 bits per heavy atom. The summed E-state index contributed by atoms with van der Waals surface area (Å²) in [5.41, 5.74) is 2.66. The van der Waals surface area contributed by atoms with Crippen LogP contribution in [0.5, 0.6) is 5.75 Å². The van der Waals surface area contributed by atoms with E-state index in [-0.39, 0.29) is 0 Å². The van der Waals surface area contributed by atoms with E-state index in [1.165, 1.54) is 36.9 Å². The molecule has 2 atom stereocenters. The van der Waals surface area contributed by atoms with Crippen LogP contribution in [0.15, 0.2) is 24.5 Å². The standard InChI is InChI=1S/C15H20N2O/c1-18-15-7-14(9-17-10-15)12-3-2-11-4-5-16-8-13(11)6-12/h6-7,9-11,13,16H,2-5,8H2,1H3/t11-,13+/m1/s1. The summed E-state index contributed by atoms with van der Waals surface area (Å²) >= 11 is 0. The highest BCUT2D eigenvalue weighted by Crippen LogP contribution is 2.36. The Labute approximate surface area is 108 Å². The fraction of sp³-hybridized carbons (Fsp3) is 0.533. The molecule has 3 heteroatoms. The maximum Gasteiger partial charge on any atom is 0.137 e. The third-order valence-electron chi connectivity index (χ3n) is 4.20. The van der Waals surface area contributed by atoms with E-state index in [1.54, 1.807) is 13.3 Å². The van der Waals surface area contributed by atoms with Crippen molar-refractivity contribution in [1.29, 1.82) is 0 Å². The van der Waals surface area contributed by atoms with Crippen molar-refractivity contribution in [1.82, 2.24) is 10.3 Å². The van der Waals surface area contributed by atoms with Gasteiger partial charge in [-0.1, -0.05) is 6.08 Å². The minimum atomic E-state index is 0.703. The lowest BCUT2D eigenvalue weighted by Crippen LogP contribution is -2.37. The van der Waals surface area contributed by atoms with Gasteiger partial charge in [-0.15, -0.1) is 0 Å². The van der Waals surface area contributed by atoms with Crippen molar-refractivity contribution >= 4 is 5.57 Å². The van der Waals surface area contributed by atoms with Crippen molar-refractivity contribution in [3.63, 3.8) is 0 Å². The van der Waals surface area contributed by atoms with Gasteiger partial charge in [-0.2, -0.15) is 0 Å². The number of ether oxygens (including phenoxy) is 1. The van der Waals surface area contributed by atoms with Crippen molar-refractivity contribution in [2.75, 3.05) is 20.2 Å². The molecular formula is C15H20N2O. The van der Waals surface area contributed by atoms with E-state index < -0.39 is 0 Å². The Morgan fingerprint density at radius 3 is 3.17 bits per heavy atom. The monoisotopic (exact) mass is 244 g/mol. The summed E-state index contributed by atoms with van der Waals surface area (Å²) < 4.78 is 5.25. The Kier molecular flexibility index (Phi) is 3.33. The van der Waals surface area contributed by atoms with Crippen LogP contribution in [0.25, 0.3) is 5.57 Å². The van der Waals surface area contributed by atoms with Crippen molar-refractivity contribution < 1.29 is 4.74 Å². The molecule has 0 spiro atoms. The van der Waals surface area contributed by atoms with Gasteiger partial charge in [-0.3, -0.25) is 4.98 Å². The van der Waals surface area contributed by atoms with Crippen LogP contribution in [0.2, 0.25) is 0 Å². The molecule has 3 rings (SSSR count). The number of fused-ring (bicyclic) bond motifs is 1. The van der Waals surface area contributed by atoms with E-state index in [1.807, 2.05) is 6.20 Å². The highest BCUT2D eigenvalue weighted by molar-refractivity contribution is 5.67. The molecule has 0 aromatic carbocycles. The lowest BCUT2D eigenvalue weighted by Gasteiger charge is -2.34. The third kappa shape index (κ3) is 2.27. The first-order valence-electron chi connectivity index (χ1n) is 6.77. The van der Waals surface area contributed by atoms with Gasteiger partial charge < -0.3 is 10.1 Å². The molecule has 1 fully saturated rings. The largest absolute Gasteiger partial charge is 0.495 e. The van der Waals surface area contributed by atoms with Crippen molar-refractivity contribution in [3.8, 4) is 5.75 Å². The molecule has 1 N–H and O–H groups in total. The lowest BCUT2D eigenvalue weighted by molar-refractivity contribution is 0.279. The number of aromatic nitrogens is 1. The number of methoxy groups -OCH3 is 1. The molecule has 2 aliphatic rings. The Bertz CT molecular complexity index is 456. The quantitative estimate of drug-likeness (QED) is 0.868. The molecule has 1 aliphatic heterocycles. The lowest BCUT2D eigenvalue weighted by atomic mass is 9.76. The molecule has 1 aromatic rings. The molecule has 0 radical (unpaired) electrons. The number of nitrogens with one attached hydrogen (secondary N) is 1.